The van der Waals surface area contributed by atoms with Gasteiger partial charge in [0, 0.05) is 17.8 Å². The normalized spacial score (nSPS) is 21.0. The Kier molecular flexibility index (Phi) is 6.70. The van der Waals surface area contributed by atoms with Crippen molar-refractivity contribution in [1.29, 1.82) is 0 Å². The molecule has 1 rings (SSSR count). The fourth-order valence-corrected chi connectivity index (χ4v) is 2.87. The molecular weight excluding hydrogens is 190 g/mol. The molecule has 1 N–H and O–H groups in total. The van der Waals surface area contributed by atoms with Gasteiger partial charge in [-0.25, -0.2) is 0 Å². The molecule has 1 saturated carbocycles. The molecule has 0 aliphatic heterocycles. The van der Waals surface area contributed by atoms with E-state index in [4.69, 9.17) is 0 Å². The third-order valence-corrected chi connectivity index (χ3v) is 4.29. The Morgan fingerprint density at radius 3 is 2.64 bits per heavy atom. The highest BCUT2D eigenvalue weighted by atomic mass is 32.2. The fourth-order valence-electron chi connectivity index (χ4n) is 2.02. The first-order chi connectivity index (χ1) is 6.83. The van der Waals surface area contributed by atoms with E-state index in [2.05, 4.69) is 30.9 Å². The van der Waals surface area contributed by atoms with Crippen LogP contribution >= 0.6 is 11.8 Å². The summed E-state index contributed by atoms with van der Waals surface area (Å²) in [6, 6.07) is 0.827. The number of hydrogen-bond donors (Lipinski definition) is 1. The van der Waals surface area contributed by atoms with E-state index >= 15 is 0 Å². The van der Waals surface area contributed by atoms with Crippen molar-refractivity contribution in [2.75, 3.05) is 12.3 Å². The van der Waals surface area contributed by atoms with Gasteiger partial charge in [0.05, 0.1) is 0 Å². The van der Waals surface area contributed by atoms with Crippen molar-refractivity contribution in [3.05, 3.63) is 0 Å². The quantitative estimate of drug-likeness (QED) is 0.728. The molecular formula is C12H25NS. The molecule has 1 atom stereocenters. The van der Waals surface area contributed by atoms with Crippen LogP contribution in [0.5, 0.6) is 0 Å². The lowest BCUT2D eigenvalue weighted by Crippen LogP contribution is -2.35. The summed E-state index contributed by atoms with van der Waals surface area (Å²) in [6.45, 7) is 5.81. The maximum Gasteiger partial charge on any atom is 0.0144 e. The van der Waals surface area contributed by atoms with Crippen molar-refractivity contribution in [3.8, 4) is 0 Å². The van der Waals surface area contributed by atoms with Crippen molar-refractivity contribution in [2.45, 2.75) is 63.7 Å². The van der Waals surface area contributed by atoms with E-state index in [-0.39, 0.29) is 0 Å². The summed E-state index contributed by atoms with van der Waals surface area (Å²) in [7, 11) is 0. The van der Waals surface area contributed by atoms with Gasteiger partial charge in [-0.05, 0) is 25.0 Å². The van der Waals surface area contributed by atoms with Crippen molar-refractivity contribution in [2.24, 2.45) is 0 Å². The lowest BCUT2D eigenvalue weighted by atomic mass is 9.95. The smallest absolute Gasteiger partial charge is 0.0144 e. The van der Waals surface area contributed by atoms with Gasteiger partial charge in [0.15, 0.2) is 0 Å². The molecule has 14 heavy (non-hydrogen) atoms. The van der Waals surface area contributed by atoms with Crippen LogP contribution in [0.15, 0.2) is 0 Å². The first-order valence-electron chi connectivity index (χ1n) is 6.18. The Balaban J connectivity index is 2.00. The third kappa shape index (κ3) is 5.26. The van der Waals surface area contributed by atoms with Gasteiger partial charge < -0.3 is 5.32 Å². The molecule has 0 aromatic rings. The van der Waals surface area contributed by atoms with Crippen LogP contribution in [0.1, 0.15) is 52.4 Å². The summed E-state index contributed by atoms with van der Waals surface area (Å²) in [4.78, 5) is 0. The van der Waals surface area contributed by atoms with Crippen LogP contribution in [0.4, 0.5) is 0 Å². The first-order valence-corrected chi connectivity index (χ1v) is 7.22. The molecule has 0 bridgehead atoms. The molecule has 1 nitrogen and oxygen atoms in total. The Morgan fingerprint density at radius 2 is 2.00 bits per heavy atom. The predicted molar refractivity (Wildman–Crippen MR) is 67.1 cm³/mol. The van der Waals surface area contributed by atoms with Crippen LogP contribution in [0.25, 0.3) is 0 Å². The Hall–Kier alpha value is 0.310. The minimum Gasteiger partial charge on any atom is -0.313 e. The molecule has 0 saturated heterocycles. The van der Waals surface area contributed by atoms with Crippen molar-refractivity contribution in [3.63, 3.8) is 0 Å². The van der Waals surface area contributed by atoms with E-state index in [0.29, 0.717) is 0 Å². The molecule has 1 aliphatic carbocycles. The van der Waals surface area contributed by atoms with Crippen LogP contribution in [0.2, 0.25) is 0 Å². The van der Waals surface area contributed by atoms with Crippen molar-refractivity contribution >= 4 is 11.8 Å². The topological polar surface area (TPSA) is 12.0 Å². The van der Waals surface area contributed by atoms with Crippen LogP contribution in [0, 0.1) is 0 Å². The van der Waals surface area contributed by atoms with Crippen LogP contribution < -0.4 is 5.32 Å². The molecule has 0 heterocycles. The Bertz CT molecular complexity index is 132. The van der Waals surface area contributed by atoms with E-state index in [1.54, 1.807) is 0 Å². The molecule has 1 aliphatic rings. The minimum atomic E-state index is 0.789. The zero-order chi connectivity index (χ0) is 10.2. The van der Waals surface area contributed by atoms with Crippen molar-refractivity contribution < 1.29 is 0 Å². The van der Waals surface area contributed by atoms with Gasteiger partial charge in [0.1, 0.15) is 0 Å². The van der Waals surface area contributed by atoms with E-state index < -0.39 is 0 Å². The molecule has 0 aromatic carbocycles. The number of rotatable bonds is 6. The zero-order valence-corrected chi connectivity index (χ0v) is 10.5. The average Bonchev–Trinajstić information content (AvgIpc) is 2.25. The molecule has 1 fully saturated rings. The van der Waals surface area contributed by atoms with E-state index in [1.165, 1.54) is 50.8 Å². The van der Waals surface area contributed by atoms with Crippen molar-refractivity contribution in [1.82, 2.24) is 5.32 Å². The second-order valence-electron chi connectivity index (χ2n) is 4.42. The summed E-state index contributed by atoms with van der Waals surface area (Å²) in [5.41, 5.74) is 0. The zero-order valence-electron chi connectivity index (χ0n) is 9.72. The summed E-state index contributed by atoms with van der Waals surface area (Å²) >= 11 is 2.10. The van der Waals surface area contributed by atoms with E-state index in [1.807, 2.05) is 0 Å². The minimum absolute atomic E-state index is 0.789. The Morgan fingerprint density at radius 1 is 1.29 bits per heavy atom. The third-order valence-electron chi connectivity index (χ3n) is 2.91. The fraction of sp³-hybridized carbons (Fsp3) is 1.00. The van der Waals surface area contributed by atoms with Gasteiger partial charge in [-0.3, -0.25) is 0 Å². The maximum atomic E-state index is 3.71. The summed E-state index contributed by atoms with van der Waals surface area (Å²) in [6.07, 6.45) is 8.45. The molecule has 1 unspecified atom stereocenters. The SMILES string of the molecule is CCCSC(C)CNC1CCCCC1. The van der Waals surface area contributed by atoms with Gasteiger partial charge in [0.2, 0.25) is 0 Å². The Labute approximate surface area is 93.4 Å². The highest BCUT2D eigenvalue weighted by Gasteiger charge is 2.13. The second-order valence-corrected chi connectivity index (χ2v) is 5.97. The molecule has 84 valence electrons. The van der Waals surface area contributed by atoms with Crippen LogP contribution in [-0.4, -0.2) is 23.6 Å². The first kappa shape index (κ1) is 12.4. The second kappa shape index (κ2) is 7.58. The molecule has 0 amide bonds. The van der Waals surface area contributed by atoms with Gasteiger partial charge >= 0.3 is 0 Å². The molecule has 0 radical (unpaired) electrons. The van der Waals surface area contributed by atoms with E-state index in [0.717, 1.165) is 11.3 Å². The van der Waals surface area contributed by atoms with Gasteiger partial charge in [-0.15, -0.1) is 0 Å². The highest BCUT2D eigenvalue weighted by Crippen LogP contribution is 2.18. The number of hydrogen-bond acceptors (Lipinski definition) is 2. The molecule has 0 spiro atoms. The van der Waals surface area contributed by atoms with Gasteiger partial charge in [-0.1, -0.05) is 33.1 Å². The molecule has 2 heteroatoms. The summed E-state index contributed by atoms with van der Waals surface area (Å²) in [5, 5.41) is 4.50. The average molecular weight is 215 g/mol. The number of thioether (sulfide) groups is 1. The maximum absolute atomic E-state index is 3.71. The van der Waals surface area contributed by atoms with Gasteiger partial charge in [0.25, 0.3) is 0 Å². The lowest BCUT2D eigenvalue weighted by molar-refractivity contribution is 0.375. The van der Waals surface area contributed by atoms with Gasteiger partial charge in [-0.2, -0.15) is 11.8 Å². The van der Waals surface area contributed by atoms with E-state index in [9.17, 15) is 0 Å². The highest BCUT2D eigenvalue weighted by molar-refractivity contribution is 7.99. The standard InChI is InChI=1S/C12H25NS/c1-3-9-14-11(2)10-13-12-7-5-4-6-8-12/h11-13H,3-10H2,1-2H3. The molecule has 0 aromatic heterocycles. The summed E-state index contributed by atoms with van der Waals surface area (Å²) < 4.78 is 0. The largest absolute Gasteiger partial charge is 0.313 e. The lowest BCUT2D eigenvalue weighted by Gasteiger charge is -2.24. The monoisotopic (exact) mass is 215 g/mol. The van der Waals surface area contributed by atoms with Crippen LogP contribution in [0.3, 0.4) is 0 Å². The number of nitrogens with one attached hydrogen (secondary N) is 1. The predicted octanol–water partition coefficient (Wildman–Crippen LogP) is 3.44. The summed E-state index contributed by atoms with van der Waals surface area (Å²) in [5.74, 6) is 1.31. The van der Waals surface area contributed by atoms with Crippen LogP contribution in [-0.2, 0) is 0 Å².